The Kier molecular flexibility index (Phi) is 8.03. The first kappa shape index (κ1) is 21.6. The van der Waals surface area contributed by atoms with Crippen molar-refractivity contribution < 1.29 is 14.3 Å². The van der Waals surface area contributed by atoms with E-state index < -0.39 is 11.8 Å². The smallest absolute Gasteiger partial charge is 0.271 e. The van der Waals surface area contributed by atoms with Crippen LogP contribution in [-0.2, 0) is 4.79 Å². The first-order chi connectivity index (χ1) is 12.8. The minimum absolute atomic E-state index is 0.0735. The summed E-state index contributed by atoms with van der Waals surface area (Å²) in [6.45, 7) is 1.61. The molecule has 0 aromatic heterocycles. The average Bonchev–Trinajstić information content (AvgIpc) is 2.59. The summed E-state index contributed by atoms with van der Waals surface area (Å²) in [7, 11) is 0. The molecule has 0 saturated carbocycles. The Morgan fingerprint density at radius 2 is 1.89 bits per heavy atom. The molecule has 0 fully saturated rings. The number of amides is 2. The van der Waals surface area contributed by atoms with Crippen LogP contribution < -0.4 is 20.9 Å². The zero-order valence-corrected chi connectivity index (χ0v) is 18.7. The second-order valence-electron chi connectivity index (χ2n) is 5.26. The monoisotopic (exact) mass is 533 g/mol. The summed E-state index contributed by atoms with van der Waals surface area (Å²) in [6, 6.07) is 10.2. The van der Waals surface area contributed by atoms with Gasteiger partial charge in [0, 0.05) is 4.47 Å². The van der Waals surface area contributed by atoms with E-state index in [1.54, 1.807) is 24.3 Å². The molecule has 0 heterocycles. The fourth-order valence-electron chi connectivity index (χ4n) is 2.03. The van der Waals surface area contributed by atoms with Gasteiger partial charge in [0.15, 0.2) is 11.7 Å². The van der Waals surface area contributed by atoms with Gasteiger partial charge in [-0.25, -0.2) is 0 Å². The topological polar surface area (TPSA) is 79.5 Å². The number of thiocarbonyl (C=S) groups is 1. The van der Waals surface area contributed by atoms with E-state index in [2.05, 4.69) is 48.0 Å². The summed E-state index contributed by atoms with van der Waals surface area (Å²) in [5, 5.41) is 2.63. The average molecular weight is 536 g/mol. The van der Waals surface area contributed by atoms with E-state index in [9.17, 15) is 9.59 Å². The lowest BCUT2D eigenvalue weighted by molar-refractivity contribution is -0.121. The van der Waals surface area contributed by atoms with Crippen molar-refractivity contribution in [3.05, 3.63) is 61.5 Å². The van der Waals surface area contributed by atoms with Gasteiger partial charge in [-0.05, 0) is 64.9 Å². The maximum Gasteiger partial charge on any atom is 0.271 e. The molecule has 2 amide bonds. The number of hydrogen-bond donors (Lipinski definition) is 3. The van der Waals surface area contributed by atoms with Crippen LogP contribution in [0, 0.1) is 6.92 Å². The Morgan fingerprint density at radius 1 is 1.19 bits per heavy atom. The van der Waals surface area contributed by atoms with Crippen LogP contribution in [0.5, 0.6) is 5.75 Å². The van der Waals surface area contributed by atoms with Crippen molar-refractivity contribution in [2.24, 2.45) is 0 Å². The maximum atomic E-state index is 12.0. The number of carbonyl (C=O) groups excluding carboxylic acids is 2. The van der Waals surface area contributed by atoms with Crippen LogP contribution in [0.25, 0.3) is 0 Å². The highest BCUT2D eigenvalue weighted by molar-refractivity contribution is 9.11. The fourth-order valence-corrected chi connectivity index (χ4v) is 3.97. The van der Waals surface area contributed by atoms with Crippen LogP contribution >= 0.6 is 55.7 Å². The van der Waals surface area contributed by atoms with E-state index in [1.807, 2.05) is 19.1 Å². The lowest BCUT2D eigenvalue weighted by Gasteiger charge is -2.13. The minimum atomic E-state index is -0.483. The number of halogens is 3. The minimum Gasteiger partial charge on any atom is -0.482 e. The lowest BCUT2D eigenvalue weighted by atomic mass is 10.2. The molecule has 2 aromatic carbocycles. The number of rotatable bonds is 4. The Balaban J connectivity index is 1.81. The van der Waals surface area contributed by atoms with E-state index in [1.165, 1.54) is 0 Å². The molecule has 2 aromatic rings. The largest absolute Gasteiger partial charge is 0.482 e. The van der Waals surface area contributed by atoms with Crippen LogP contribution in [0.15, 0.2) is 45.3 Å². The summed E-state index contributed by atoms with van der Waals surface area (Å²) in [4.78, 5) is 24.0. The molecule has 0 unspecified atom stereocenters. The van der Waals surface area contributed by atoms with E-state index in [0.29, 0.717) is 10.8 Å². The normalized spacial score (nSPS) is 10.1. The molecule has 0 atom stereocenters. The van der Waals surface area contributed by atoms with E-state index in [-0.39, 0.29) is 17.3 Å². The quantitative estimate of drug-likeness (QED) is 0.409. The summed E-state index contributed by atoms with van der Waals surface area (Å²) >= 11 is 17.7. The van der Waals surface area contributed by atoms with E-state index >= 15 is 0 Å². The van der Waals surface area contributed by atoms with Crippen LogP contribution in [0.3, 0.4) is 0 Å². The summed E-state index contributed by atoms with van der Waals surface area (Å²) in [5.41, 5.74) is 5.93. The molecular weight excluding hydrogens is 522 g/mol. The van der Waals surface area contributed by atoms with Gasteiger partial charge in [-0.2, -0.15) is 0 Å². The van der Waals surface area contributed by atoms with Crippen LogP contribution in [0.1, 0.15) is 15.9 Å². The van der Waals surface area contributed by atoms with Crippen molar-refractivity contribution in [2.45, 2.75) is 6.92 Å². The molecule has 6 nitrogen and oxygen atoms in total. The molecule has 0 saturated heterocycles. The molecule has 3 N–H and O–H groups in total. The van der Waals surface area contributed by atoms with Gasteiger partial charge in [0.1, 0.15) is 5.75 Å². The number of carbonyl (C=O) groups is 2. The molecule has 0 radical (unpaired) electrons. The number of aryl methyl sites for hydroxylation is 1. The Morgan fingerprint density at radius 3 is 2.56 bits per heavy atom. The van der Waals surface area contributed by atoms with Crippen molar-refractivity contribution in [3.63, 3.8) is 0 Å². The predicted octanol–water partition coefficient (Wildman–Crippen LogP) is 3.89. The molecule has 2 rings (SSSR count). The Bertz CT molecular complexity index is 872. The number of hydrogen-bond acceptors (Lipinski definition) is 4. The van der Waals surface area contributed by atoms with Gasteiger partial charge in [-0.1, -0.05) is 39.7 Å². The van der Waals surface area contributed by atoms with Gasteiger partial charge in [0.05, 0.1) is 15.1 Å². The van der Waals surface area contributed by atoms with Gasteiger partial charge in [0.25, 0.3) is 11.8 Å². The summed E-state index contributed by atoms with van der Waals surface area (Å²) < 4.78 is 7.13. The van der Waals surface area contributed by atoms with Crippen LogP contribution in [0.4, 0.5) is 0 Å². The molecule has 142 valence electrons. The third-order valence-corrected chi connectivity index (χ3v) is 4.78. The highest BCUT2D eigenvalue weighted by atomic mass is 79.9. The summed E-state index contributed by atoms with van der Waals surface area (Å²) in [5.74, 6) is -0.407. The van der Waals surface area contributed by atoms with Crippen LogP contribution in [-0.4, -0.2) is 23.5 Å². The van der Waals surface area contributed by atoms with Crippen molar-refractivity contribution in [3.8, 4) is 5.75 Å². The molecule has 0 bridgehead atoms. The van der Waals surface area contributed by atoms with Crippen molar-refractivity contribution in [1.29, 1.82) is 0 Å². The molecule has 0 aliphatic rings. The highest BCUT2D eigenvalue weighted by Gasteiger charge is 2.12. The zero-order valence-electron chi connectivity index (χ0n) is 13.9. The first-order valence-corrected chi connectivity index (χ1v) is 9.88. The number of hydrazine groups is 1. The summed E-state index contributed by atoms with van der Waals surface area (Å²) in [6.07, 6.45) is 0. The second kappa shape index (κ2) is 10.0. The highest BCUT2D eigenvalue weighted by Crippen LogP contribution is 2.32. The van der Waals surface area contributed by atoms with E-state index in [0.717, 1.165) is 14.5 Å². The third kappa shape index (κ3) is 6.46. The zero-order chi connectivity index (χ0) is 20.0. The van der Waals surface area contributed by atoms with Crippen LogP contribution in [0.2, 0.25) is 5.02 Å². The molecule has 0 aliphatic heterocycles. The molecule has 27 heavy (non-hydrogen) atoms. The molecule has 0 aliphatic carbocycles. The van der Waals surface area contributed by atoms with Crippen molar-refractivity contribution in [1.82, 2.24) is 16.2 Å². The molecule has 0 spiro atoms. The van der Waals surface area contributed by atoms with Gasteiger partial charge in [-0.3, -0.25) is 25.8 Å². The van der Waals surface area contributed by atoms with Crippen molar-refractivity contribution >= 4 is 72.6 Å². The lowest BCUT2D eigenvalue weighted by Crippen LogP contribution is -2.49. The number of ether oxygens (including phenoxy) is 1. The SMILES string of the molecule is Cc1cc(Br)cc(Br)c1OCC(=O)NC(=S)NNC(=O)c1ccccc1Cl. The fraction of sp³-hybridized carbons (Fsp3) is 0.118. The van der Waals surface area contributed by atoms with E-state index in [4.69, 9.17) is 28.6 Å². The second-order valence-corrected chi connectivity index (χ2v) is 7.84. The van der Waals surface area contributed by atoms with Gasteiger partial charge < -0.3 is 4.74 Å². The van der Waals surface area contributed by atoms with Crippen molar-refractivity contribution in [2.75, 3.05) is 6.61 Å². The number of benzene rings is 2. The Labute approximate surface area is 183 Å². The standard InChI is InChI=1S/C17H14Br2ClN3O3S/c1-9-6-10(18)7-12(19)15(9)26-8-14(24)21-17(27)23-22-16(25)11-4-2-3-5-13(11)20/h2-7H,8H2,1H3,(H,22,25)(H2,21,23,24,27). The molecule has 10 heteroatoms. The van der Waals surface area contributed by atoms with Gasteiger partial charge >= 0.3 is 0 Å². The third-order valence-electron chi connectivity index (χ3n) is 3.20. The maximum absolute atomic E-state index is 12.0. The van der Waals surface area contributed by atoms with Gasteiger partial charge in [0.2, 0.25) is 0 Å². The first-order valence-electron chi connectivity index (χ1n) is 7.51. The van der Waals surface area contributed by atoms with Gasteiger partial charge in [-0.15, -0.1) is 0 Å². The number of nitrogens with one attached hydrogen (secondary N) is 3. The predicted molar refractivity (Wildman–Crippen MR) is 115 cm³/mol. The Hall–Kier alpha value is -1.68. The molecular formula is C17H14Br2ClN3O3S.